The molecule has 2 amide bonds. The number of amides is 2. The molecule has 0 aromatic carbocycles. The average Bonchev–Trinajstić information content (AvgIpc) is 2.28. The van der Waals surface area contributed by atoms with Crippen LogP contribution < -0.4 is 10.6 Å². The van der Waals surface area contributed by atoms with Gasteiger partial charge in [-0.3, -0.25) is 0 Å². The van der Waals surface area contributed by atoms with Crippen molar-refractivity contribution in [1.29, 1.82) is 0 Å². The van der Waals surface area contributed by atoms with Crippen LogP contribution in [0, 0.1) is 5.92 Å². The molecule has 0 rings (SSSR count). The smallest absolute Gasteiger partial charge is 0.334 e. The first-order valence-corrected chi connectivity index (χ1v) is 6.20. The van der Waals surface area contributed by atoms with Crippen molar-refractivity contribution in [2.45, 2.75) is 45.8 Å². The predicted molar refractivity (Wildman–Crippen MR) is 68.5 cm³/mol. The molecular formula is C12H24N2O4. The highest BCUT2D eigenvalue weighted by molar-refractivity contribution is 5.76. The van der Waals surface area contributed by atoms with Crippen LogP contribution in [0.3, 0.4) is 0 Å². The maximum Gasteiger partial charge on any atom is 0.334 e. The number of rotatable bonds is 8. The number of carbonyl (C=O) groups excluding carboxylic acids is 1. The topological polar surface area (TPSA) is 87.7 Å². The Hall–Kier alpha value is -1.30. The number of aliphatic carboxylic acids is 1. The summed E-state index contributed by atoms with van der Waals surface area (Å²) in [5.41, 5.74) is 0. The second-order valence-electron chi connectivity index (χ2n) is 4.57. The van der Waals surface area contributed by atoms with Gasteiger partial charge in [-0.15, -0.1) is 0 Å². The lowest BCUT2D eigenvalue weighted by atomic mass is 10.0. The van der Waals surface area contributed by atoms with Crippen molar-refractivity contribution in [3.8, 4) is 0 Å². The van der Waals surface area contributed by atoms with Gasteiger partial charge in [-0.2, -0.15) is 0 Å². The van der Waals surface area contributed by atoms with Crippen LogP contribution in [-0.2, 0) is 9.53 Å². The minimum Gasteiger partial charge on any atom is -0.479 e. The summed E-state index contributed by atoms with van der Waals surface area (Å²) in [6, 6.07) is -0.306. The maximum atomic E-state index is 11.5. The molecule has 0 aliphatic rings. The molecule has 3 unspecified atom stereocenters. The van der Waals surface area contributed by atoms with Crippen molar-refractivity contribution in [2.75, 3.05) is 13.7 Å². The Kier molecular flexibility index (Phi) is 8.11. The van der Waals surface area contributed by atoms with Gasteiger partial charge in [0.15, 0.2) is 6.10 Å². The second-order valence-corrected chi connectivity index (χ2v) is 4.57. The molecule has 18 heavy (non-hydrogen) atoms. The van der Waals surface area contributed by atoms with E-state index >= 15 is 0 Å². The Labute approximate surface area is 108 Å². The third kappa shape index (κ3) is 7.11. The Bertz CT molecular complexity index is 271. The zero-order valence-corrected chi connectivity index (χ0v) is 11.5. The fourth-order valence-corrected chi connectivity index (χ4v) is 1.56. The molecule has 0 heterocycles. The Morgan fingerprint density at radius 2 is 1.94 bits per heavy atom. The van der Waals surface area contributed by atoms with E-state index in [2.05, 4.69) is 24.5 Å². The van der Waals surface area contributed by atoms with Crippen molar-refractivity contribution in [2.24, 2.45) is 5.92 Å². The average molecular weight is 260 g/mol. The van der Waals surface area contributed by atoms with Crippen LogP contribution in [-0.4, -0.2) is 42.9 Å². The number of ether oxygens (including phenoxy) is 1. The van der Waals surface area contributed by atoms with Gasteiger partial charge in [0.2, 0.25) is 0 Å². The van der Waals surface area contributed by atoms with Gasteiger partial charge in [0.1, 0.15) is 0 Å². The number of nitrogens with one attached hydrogen (secondary N) is 2. The number of urea groups is 1. The van der Waals surface area contributed by atoms with Crippen molar-refractivity contribution in [3.05, 3.63) is 0 Å². The lowest BCUT2D eigenvalue weighted by Gasteiger charge is -2.18. The van der Waals surface area contributed by atoms with Crippen molar-refractivity contribution >= 4 is 12.0 Å². The molecule has 3 N–H and O–H groups in total. The third-order valence-electron chi connectivity index (χ3n) is 2.84. The minimum absolute atomic E-state index is 0.0479. The summed E-state index contributed by atoms with van der Waals surface area (Å²) in [6.07, 6.45) is 0.954. The first kappa shape index (κ1) is 16.7. The summed E-state index contributed by atoms with van der Waals surface area (Å²) >= 11 is 0. The second kappa shape index (κ2) is 8.74. The molecule has 6 heteroatoms. The molecule has 6 nitrogen and oxygen atoms in total. The first-order valence-electron chi connectivity index (χ1n) is 6.20. The van der Waals surface area contributed by atoms with E-state index in [0.717, 1.165) is 12.8 Å². The SMILES string of the molecule is CCC(C)CC(C)NC(=O)NCC(OC)C(=O)O. The Morgan fingerprint density at radius 3 is 2.39 bits per heavy atom. The minimum atomic E-state index is -1.09. The standard InChI is InChI=1S/C12H24N2O4/c1-5-8(2)6-9(3)14-12(17)13-7-10(18-4)11(15)16/h8-10H,5-7H2,1-4H3,(H,15,16)(H2,13,14,17). The van der Waals surface area contributed by atoms with Crippen LogP contribution in [0.5, 0.6) is 0 Å². The van der Waals surface area contributed by atoms with Gasteiger partial charge in [0.05, 0.1) is 6.54 Å². The molecule has 106 valence electrons. The van der Waals surface area contributed by atoms with Crippen LogP contribution >= 0.6 is 0 Å². The highest BCUT2D eigenvalue weighted by Crippen LogP contribution is 2.08. The molecule has 0 aliphatic heterocycles. The molecule has 0 saturated heterocycles. The number of carboxylic acids is 1. The van der Waals surface area contributed by atoms with Crippen LogP contribution in [0.2, 0.25) is 0 Å². The molecular weight excluding hydrogens is 236 g/mol. The summed E-state index contributed by atoms with van der Waals surface area (Å²) < 4.78 is 4.71. The molecule has 0 spiro atoms. The maximum absolute atomic E-state index is 11.5. The van der Waals surface area contributed by atoms with E-state index < -0.39 is 12.1 Å². The van der Waals surface area contributed by atoms with E-state index in [4.69, 9.17) is 9.84 Å². The van der Waals surface area contributed by atoms with Crippen LogP contribution in [0.4, 0.5) is 4.79 Å². The normalized spacial score (nSPS) is 15.6. The van der Waals surface area contributed by atoms with Gasteiger partial charge in [0.25, 0.3) is 0 Å². The van der Waals surface area contributed by atoms with Gasteiger partial charge in [0, 0.05) is 13.2 Å². The van der Waals surface area contributed by atoms with Crippen LogP contribution in [0.1, 0.15) is 33.6 Å². The van der Waals surface area contributed by atoms with Gasteiger partial charge < -0.3 is 20.5 Å². The van der Waals surface area contributed by atoms with Gasteiger partial charge >= 0.3 is 12.0 Å². The quantitative estimate of drug-likeness (QED) is 0.612. The summed E-state index contributed by atoms with van der Waals surface area (Å²) in [7, 11) is 1.30. The van der Waals surface area contributed by atoms with E-state index in [9.17, 15) is 9.59 Å². The Balaban J connectivity index is 3.93. The molecule has 3 atom stereocenters. The zero-order valence-electron chi connectivity index (χ0n) is 11.5. The molecule has 0 fully saturated rings. The number of hydrogen-bond acceptors (Lipinski definition) is 3. The highest BCUT2D eigenvalue weighted by atomic mass is 16.5. The van der Waals surface area contributed by atoms with Crippen molar-refractivity contribution < 1.29 is 19.4 Å². The van der Waals surface area contributed by atoms with E-state index in [1.54, 1.807) is 0 Å². The Morgan fingerprint density at radius 1 is 1.33 bits per heavy atom. The number of carboxylic acid groups (broad SMARTS) is 1. The summed E-state index contributed by atoms with van der Waals surface area (Å²) in [4.78, 5) is 22.1. The number of methoxy groups -OCH3 is 1. The predicted octanol–water partition coefficient (Wildman–Crippen LogP) is 1.21. The fourth-order valence-electron chi connectivity index (χ4n) is 1.56. The molecule has 0 aromatic heterocycles. The number of carbonyl (C=O) groups is 2. The van der Waals surface area contributed by atoms with Crippen molar-refractivity contribution in [3.63, 3.8) is 0 Å². The van der Waals surface area contributed by atoms with Crippen LogP contribution in [0.25, 0.3) is 0 Å². The third-order valence-corrected chi connectivity index (χ3v) is 2.84. The largest absolute Gasteiger partial charge is 0.479 e. The molecule has 0 bridgehead atoms. The van der Waals surface area contributed by atoms with E-state index in [1.807, 2.05) is 6.92 Å². The fraction of sp³-hybridized carbons (Fsp3) is 0.833. The van der Waals surface area contributed by atoms with Crippen molar-refractivity contribution in [1.82, 2.24) is 10.6 Å². The first-order chi connectivity index (χ1) is 8.40. The summed E-state index contributed by atoms with van der Waals surface area (Å²) in [6.45, 7) is 6.11. The van der Waals surface area contributed by atoms with Gasteiger partial charge in [-0.1, -0.05) is 20.3 Å². The van der Waals surface area contributed by atoms with E-state index in [-0.39, 0.29) is 18.6 Å². The van der Waals surface area contributed by atoms with E-state index in [1.165, 1.54) is 7.11 Å². The van der Waals surface area contributed by atoms with Gasteiger partial charge in [-0.05, 0) is 19.3 Å². The lowest BCUT2D eigenvalue weighted by Crippen LogP contribution is -2.45. The number of hydrogen-bond donors (Lipinski definition) is 3. The highest BCUT2D eigenvalue weighted by Gasteiger charge is 2.17. The molecule has 0 saturated carbocycles. The zero-order chi connectivity index (χ0) is 14.1. The van der Waals surface area contributed by atoms with E-state index in [0.29, 0.717) is 5.92 Å². The van der Waals surface area contributed by atoms with Gasteiger partial charge in [-0.25, -0.2) is 9.59 Å². The van der Waals surface area contributed by atoms with Crippen LogP contribution in [0.15, 0.2) is 0 Å². The lowest BCUT2D eigenvalue weighted by molar-refractivity contribution is -0.147. The summed E-state index contributed by atoms with van der Waals surface area (Å²) in [5.74, 6) is -0.545. The molecule has 0 aliphatic carbocycles. The molecule has 0 radical (unpaired) electrons. The summed E-state index contributed by atoms with van der Waals surface area (Å²) in [5, 5.41) is 14.0. The molecule has 0 aromatic rings. The monoisotopic (exact) mass is 260 g/mol.